The van der Waals surface area contributed by atoms with Crippen LogP contribution in [-0.2, 0) is 13.6 Å². The highest BCUT2D eigenvalue weighted by molar-refractivity contribution is 6.32. The van der Waals surface area contributed by atoms with Crippen molar-refractivity contribution < 1.29 is 4.74 Å². The van der Waals surface area contributed by atoms with E-state index in [9.17, 15) is 4.79 Å². The smallest absolute Gasteiger partial charge is 0.287 e. The highest BCUT2D eigenvalue weighted by atomic mass is 35.5. The third-order valence-corrected chi connectivity index (χ3v) is 3.62. The van der Waals surface area contributed by atoms with Gasteiger partial charge in [0.05, 0.1) is 11.9 Å². The van der Waals surface area contributed by atoms with Crippen molar-refractivity contribution >= 4 is 17.3 Å². The van der Waals surface area contributed by atoms with Gasteiger partial charge in [-0.25, -0.2) is 4.68 Å². The molecule has 0 aliphatic heterocycles. The number of hydrogen-bond acceptors (Lipinski definition) is 5. The predicted molar refractivity (Wildman–Crippen MR) is 88.6 cm³/mol. The molecule has 1 heterocycles. The molecule has 0 radical (unpaired) electrons. The maximum absolute atomic E-state index is 11.7. The van der Waals surface area contributed by atoms with Crippen LogP contribution in [0, 0.1) is 11.3 Å². The van der Waals surface area contributed by atoms with Crippen molar-refractivity contribution in [3.05, 3.63) is 51.4 Å². The van der Waals surface area contributed by atoms with E-state index in [0.717, 1.165) is 5.56 Å². The number of aromatic nitrogens is 2. The van der Waals surface area contributed by atoms with Crippen LogP contribution in [0.2, 0.25) is 5.02 Å². The maximum atomic E-state index is 11.7. The summed E-state index contributed by atoms with van der Waals surface area (Å²) in [5, 5.41) is 16.1. The van der Waals surface area contributed by atoms with Crippen molar-refractivity contribution in [2.75, 3.05) is 5.32 Å². The molecule has 120 valence electrons. The summed E-state index contributed by atoms with van der Waals surface area (Å²) in [4.78, 5) is 11.7. The van der Waals surface area contributed by atoms with Gasteiger partial charge < -0.3 is 10.1 Å². The zero-order valence-electron chi connectivity index (χ0n) is 12.9. The van der Waals surface area contributed by atoms with E-state index in [1.807, 2.05) is 25.1 Å². The molecule has 1 atom stereocenters. The second kappa shape index (κ2) is 7.65. The van der Waals surface area contributed by atoms with Crippen molar-refractivity contribution in [3.63, 3.8) is 0 Å². The minimum Gasteiger partial charge on any atom is -0.476 e. The van der Waals surface area contributed by atoms with Crippen LogP contribution in [0.3, 0.4) is 0 Å². The molecule has 0 aliphatic carbocycles. The van der Waals surface area contributed by atoms with E-state index >= 15 is 0 Å². The minimum absolute atomic E-state index is 0.102. The summed E-state index contributed by atoms with van der Waals surface area (Å²) in [6, 6.07) is 9.50. The Morgan fingerprint density at radius 1 is 1.52 bits per heavy atom. The SMILES string of the molecule is CCC(C#N)Oc1cccc(CNc2cnn(C)c(=O)c2Cl)c1. The van der Waals surface area contributed by atoms with Gasteiger partial charge in [0.25, 0.3) is 5.56 Å². The van der Waals surface area contributed by atoms with Crippen molar-refractivity contribution in [2.24, 2.45) is 7.05 Å². The number of benzene rings is 1. The van der Waals surface area contributed by atoms with E-state index in [-0.39, 0.29) is 10.6 Å². The lowest BCUT2D eigenvalue weighted by molar-refractivity contribution is 0.251. The van der Waals surface area contributed by atoms with Gasteiger partial charge in [0.2, 0.25) is 0 Å². The third-order valence-electron chi connectivity index (χ3n) is 3.25. The van der Waals surface area contributed by atoms with Crippen molar-refractivity contribution in [1.29, 1.82) is 5.26 Å². The predicted octanol–water partition coefficient (Wildman–Crippen LogP) is 2.73. The lowest BCUT2D eigenvalue weighted by Crippen LogP contribution is -2.21. The van der Waals surface area contributed by atoms with Crippen LogP contribution in [-0.4, -0.2) is 15.9 Å². The molecule has 1 N–H and O–H groups in total. The molecule has 0 bridgehead atoms. The van der Waals surface area contributed by atoms with Crippen LogP contribution in [0.15, 0.2) is 35.3 Å². The Morgan fingerprint density at radius 3 is 3.00 bits per heavy atom. The number of nitrogens with zero attached hydrogens (tertiary/aromatic N) is 3. The first-order chi connectivity index (χ1) is 11.0. The van der Waals surface area contributed by atoms with Crippen LogP contribution in [0.4, 0.5) is 5.69 Å². The molecule has 6 nitrogen and oxygen atoms in total. The maximum Gasteiger partial charge on any atom is 0.287 e. The van der Waals surface area contributed by atoms with Gasteiger partial charge in [-0.15, -0.1) is 0 Å². The molecular formula is C16H17ClN4O2. The number of ether oxygens (including phenoxy) is 1. The van der Waals surface area contributed by atoms with Crippen LogP contribution in [0.1, 0.15) is 18.9 Å². The van der Waals surface area contributed by atoms with E-state index in [4.69, 9.17) is 21.6 Å². The molecule has 2 rings (SSSR count). The summed E-state index contributed by atoms with van der Waals surface area (Å²) in [5.41, 5.74) is 1.06. The van der Waals surface area contributed by atoms with Crippen LogP contribution < -0.4 is 15.6 Å². The summed E-state index contributed by atoms with van der Waals surface area (Å²) in [5.74, 6) is 0.630. The second-order valence-corrected chi connectivity index (χ2v) is 5.32. The molecule has 1 aromatic heterocycles. The average molecular weight is 333 g/mol. The first-order valence-corrected chi connectivity index (χ1v) is 7.53. The zero-order valence-corrected chi connectivity index (χ0v) is 13.7. The number of aryl methyl sites for hydroxylation is 1. The highest BCUT2D eigenvalue weighted by Crippen LogP contribution is 2.19. The Labute approximate surface area is 139 Å². The van der Waals surface area contributed by atoms with E-state index in [2.05, 4.69) is 16.5 Å². The summed E-state index contributed by atoms with van der Waals surface area (Å²) >= 11 is 6.01. The first kappa shape index (κ1) is 16.8. The highest BCUT2D eigenvalue weighted by Gasteiger charge is 2.08. The fourth-order valence-electron chi connectivity index (χ4n) is 1.93. The molecule has 7 heteroatoms. The molecule has 0 fully saturated rings. The molecule has 1 unspecified atom stereocenters. The summed E-state index contributed by atoms with van der Waals surface area (Å²) in [7, 11) is 1.54. The standard InChI is InChI=1S/C16H17ClN4O2/c1-3-12(8-18)23-13-6-4-5-11(7-13)9-19-14-10-20-21(2)16(22)15(14)17/h4-7,10,12,19H,3,9H2,1-2H3. The largest absolute Gasteiger partial charge is 0.476 e. The first-order valence-electron chi connectivity index (χ1n) is 7.16. The van der Waals surface area contributed by atoms with E-state index < -0.39 is 6.10 Å². The van der Waals surface area contributed by atoms with Gasteiger partial charge in [0.1, 0.15) is 16.8 Å². The average Bonchev–Trinajstić information content (AvgIpc) is 2.57. The Hall–Kier alpha value is -2.52. The Balaban J connectivity index is 2.08. The number of nitriles is 1. The fraction of sp³-hybridized carbons (Fsp3) is 0.312. The summed E-state index contributed by atoms with van der Waals surface area (Å²) < 4.78 is 6.76. The minimum atomic E-state index is -0.464. The number of hydrogen-bond donors (Lipinski definition) is 1. The number of nitrogens with one attached hydrogen (secondary N) is 1. The normalized spacial score (nSPS) is 11.6. The molecule has 0 amide bonds. The van der Waals surface area contributed by atoms with E-state index in [1.54, 1.807) is 6.07 Å². The quantitative estimate of drug-likeness (QED) is 0.879. The van der Waals surface area contributed by atoms with Gasteiger partial charge in [-0.05, 0) is 24.1 Å². The summed E-state index contributed by atoms with van der Waals surface area (Å²) in [6.07, 6.45) is 1.66. The molecule has 0 saturated heterocycles. The lowest BCUT2D eigenvalue weighted by atomic mass is 10.2. The number of rotatable bonds is 6. The van der Waals surface area contributed by atoms with Gasteiger partial charge in [-0.1, -0.05) is 30.7 Å². The zero-order chi connectivity index (χ0) is 16.8. The van der Waals surface area contributed by atoms with E-state index in [0.29, 0.717) is 24.4 Å². The van der Waals surface area contributed by atoms with Crippen LogP contribution in [0.25, 0.3) is 0 Å². The van der Waals surface area contributed by atoms with Crippen molar-refractivity contribution in [2.45, 2.75) is 26.0 Å². The van der Waals surface area contributed by atoms with Crippen LogP contribution in [0.5, 0.6) is 5.75 Å². The van der Waals surface area contributed by atoms with Gasteiger partial charge in [-0.2, -0.15) is 10.4 Å². The van der Waals surface area contributed by atoms with Crippen LogP contribution >= 0.6 is 11.6 Å². The monoisotopic (exact) mass is 332 g/mol. The molecule has 0 spiro atoms. The molecule has 2 aromatic rings. The Morgan fingerprint density at radius 2 is 2.30 bits per heavy atom. The Bertz CT molecular complexity index is 782. The van der Waals surface area contributed by atoms with Gasteiger partial charge >= 0.3 is 0 Å². The van der Waals surface area contributed by atoms with Gasteiger partial charge in [0, 0.05) is 13.6 Å². The molecule has 0 saturated carbocycles. The van der Waals surface area contributed by atoms with Gasteiger partial charge in [-0.3, -0.25) is 4.79 Å². The number of anilines is 1. The topological polar surface area (TPSA) is 79.9 Å². The van der Waals surface area contributed by atoms with Crippen molar-refractivity contribution in [3.8, 4) is 11.8 Å². The molecule has 23 heavy (non-hydrogen) atoms. The summed E-state index contributed by atoms with van der Waals surface area (Å²) in [6.45, 7) is 2.35. The Kier molecular flexibility index (Phi) is 5.61. The van der Waals surface area contributed by atoms with Gasteiger partial charge in [0.15, 0.2) is 6.10 Å². The van der Waals surface area contributed by atoms with Crippen molar-refractivity contribution in [1.82, 2.24) is 9.78 Å². The lowest BCUT2D eigenvalue weighted by Gasteiger charge is -2.12. The fourth-order valence-corrected chi connectivity index (χ4v) is 2.16. The van der Waals surface area contributed by atoms with E-state index in [1.165, 1.54) is 17.9 Å². The molecule has 0 aliphatic rings. The second-order valence-electron chi connectivity index (χ2n) is 4.95. The third kappa shape index (κ3) is 4.24. The molecular weight excluding hydrogens is 316 g/mol. The molecule has 1 aromatic carbocycles. The number of halogens is 1.